The highest BCUT2D eigenvalue weighted by Crippen LogP contribution is 2.23. The molecule has 0 unspecified atom stereocenters. The lowest BCUT2D eigenvalue weighted by atomic mass is 9.92. The van der Waals surface area contributed by atoms with Gasteiger partial charge in [-0.1, -0.05) is 36.1 Å². The van der Waals surface area contributed by atoms with Gasteiger partial charge in [-0.2, -0.15) is 0 Å². The summed E-state index contributed by atoms with van der Waals surface area (Å²) in [4.78, 5) is 20.7. The van der Waals surface area contributed by atoms with Crippen molar-refractivity contribution in [2.24, 2.45) is 0 Å². The first-order chi connectivity index (χ1) is 18.4. The van der Waals surface area contributed by atoms with Gasteiger partial charge in [0.15, 0.2) is 0 Å². The number of nitrogens with zero attached hydrogens (tertiary/aromatic N) is 2. The number of likely N-dealkylation sites (tertiary alicyclic amines) is 1. The standard InChI is InChI=1S/C30H35FN4O3/c1-21(16-31)32-17-26(15-28-29(36)30(37)34-20-33-28)25-11-9-23(10-12-25)4-3-22-5-7-24(8-6-22)18-35-14-13-27(19-35)38-2/h5-12,20-21,26-27,32,36H,13-19H2,1-2H3,(H,33,34,37)/t21-,26-,27+/m0/s1. The van der Waals surface area contributed by atoms with Crippen molar-refractivity contribution in [3.8, 4) is 17.6 Å². The third kappa shape index (κ3) is 7.51. The Labute approximate surface area is 223 Å². The SMILES string of the molecule is CO[C@@H]1CCN(Cc2ccc(C#Cc3ccc([C@H](CN[C@@H](C)CF)Cc4nc[nH]c(=O)c4O)cc3)cc2)C1. The van der Waals surface area contributed by atoms with Gasteiger partial charge in [-0.15, -0.1) is 0 Å². The second kappa shape index (κ2) is 13.3. The zero-order valence-corrected chi connectivity index (χ0v) is 21.9. The normalized spacial score (nSPS) is 17.1. The summed E-state index contributed by atoms with van der Waals surface area (Å²) in [5, 5.41) is 13.3. The average molecular weight is 519 g/mol. The van der Waals surface area contributed by atoms with Crippen LogP contribution in [0.4, 0.5) is 4.39 Å². The van der Waals surface area contributed by atoms with Crippen LogP contribution in [0.5, 0.6) is 5.75 Å². The third-order valence-electron chi connectivity index (χ3n) is 6.94. The van der Waals surface area contributed by atoms with Gasteiger partial charge in [0.25, 0.3) is 5.56 Å². The van der Waals surface area contributed by atoms with E-state index in [4.69, 9.17) is 4.74 Å². The molecule has 1 aromatic heterocycles. The van der Waals surface area contributed by atoms with E-state index in [1.165, 1.54) is 11.9 Å². The Morgan fingerprint density at radius 2 is 1.87 bits per heavy atom. The molecule has 38 heavy (non-hydrogen) atoms. The van der Waals surface area contributed by atoms with Gasteiger partial charge < -0.3 is 20.1 Å². The van der Waals surface area contributed by atoms with Crippen molar-refractivity contribution in [3.05, 3.63) is 93.2 Å². The Morgan fingerprint density at radius 3 is 2.50 bits per heavy atom. The van der Waals surface area contributed by atoms with Crippen LogP contribution in [0.15, 0.2) is 59.7 Å². The van der Waals surface area contributed by atoms with Gasteiger partial charge in [0, 0.05) is 62.8 Å². The van der Waals surface area contributed by atoms with Gasteiger partial charge in [-0.05, 0) is 48.7 Å². The van der Waals surface area contributed by atoms with Crippen LogP contribution < -0.4 is 10.9 Å². The molecule has 1 aliphatic rings. The van der Waals surface area contributed by atoms with Crippen LogP contribution in [0.25, 0.3) is 0 Å². The number of benzene rings is 2. The number of nitrogens with one attached hydrogen (secondary N) is 2. The number of aromatic nitrogens is 2. The van der Waals surface area contributed by atoms with E-state index in [-0.39, 0.29) is 17.7 Å². The van der Waals surface area contributed by atoms with Crippen LogP contribution >= 0.6 is 0 Å². The van der Waals surface area contributed by atoms with Crippen molar-refractivity contribution in [2.75, 3.05) is 33.4 Å². The lowest BCUT2D eigenvalue weighted by Crippen LogP contribution is -2.32. The van der Waals surface area contributed by atoms with E-state index in [2.05, 4.69) is 56.3 Å². The number of hydrogen-bond donors (Lipinski definition) is 3. The quantitative estimate of drug-likeness (QED) is 0.357. The van der Waals surface area contributed by atoms with Crippen molar-refractivity contribution < 1.29 is 14.2 Å². The summed E-state index contributed by atoms with van der Waals surface area (Å²) < 4.78 is 18.5. The fourth-order valence-electron chi connectivity index (χ4n) is 4.59. The van der Waals surface area contributed by atoms with E-state index in [0.717, 1.165) is 42.7 Å². The summed E-state index contributed by atoms with van der Waals surface area (Å²) in [6.45, 7) is 4.71. The van der Waals surface area contributed by atoms with Crippen molar-refractivity contribution in [2.45, 2.75) is 44.4 Å². The van der Waals surface area contributed by atoms with Gasteiger partial charge in [0.05, 0.1) is 18.1 Å². The van der Waals surface area contributed by atoms with E-state index in [1.54, 1.807) is 14.0 Å². The van der Waals surface area contributed by atoms with Gasteiger partial charge in [-0.3, -0.25) is 9.69 Å². The second-order valence-electron chi connectivity index (χ2n) is 9.84. The molecule has 8 heteroatoms. The zero-order chi connectivity index (χ0) is 26.9. The predicted molar refractivity (Wildman–Crippen MR) is 146 cm³/mol. The molecule has 0 amide bonds. The third-order valence-corrected chi connectivity index (χ3v) is 6.94. The number of halogens is 1. The van der Waals surface area contributed by atoms with Crippen LogP contribution in [-0.4, -0.2) is 65.5 Å². The average Bonchev–Trinajstić information content (AvgIpc) is 3.40. The molecule has 2 aromatic carbocycles. The first-order valence-electron chi connectivity index (χ1n) is 13.0. The number of aromatic hydroxyl groups is 1. The lowest BCUT2D eigenvalue weighted by Gasteiger charge is -2.20. The van der Waals surface area contributed by atoms with Crippen LogP contribution in [0, 0.1) is 11.8 Å². The molecular weight excluding hydrogens is 483 g/mol. The van der Waals surface area contributed by atoms with Crippen LogP contribution in [0.3, 0.4) is 0 Å². The molecule has 0 aliphatic carbocycles. The Hall–Kier alpha value is -3.51. The first kappa shape index (κ1) is 27.5. The highest BCUT2D eigenvalue weighted by Gasteiger charge is 2.21. The maximum atomic E-state index is 13.0. The molecule has 0 radical (unpaired) electrons. The van der Waals surface area contributed by atoms with Crippen molar-refractivity contribution in [1.29, 1.82) is 0 Å². The molecule has 3 N–H and O–H groups in total. The lowest BCUT2D eigenvalue weighted by molar-refractivity contribution is 0.107. The van der Waals surface area contributed by atoms with E-state index in [1.807, 2.05) is 24.3 Å². The molecule has 0 bridgehead atoms. The minimum Gasteiger partial charge on any atom is -0.502 e. The maximum absolute atomic E-state index is 13.0. The number of H-pyrrole nitrogens is 1. The molecular formula is C30H35FN4O3. The van der Waals surface area contributed by atoms with E-state index in [0.29, 0.717) is 24.8 Å². The number of rotatable bonds is 10. The Bertz CT molecular complexity index is 1300. The molecule has 3 aromatic rings. The van der Waals surface area contributed by atoms with E-state index in [9.17, 15) is 14.3 Å². The smallest absolute Gasteiger partial charge is 0.293 e. The molecule has 2 heterocycles. The van der Waals surface area contributed by atoms with E-state index < -0.39 is 12.2 Å². The molecule has 4 rings (SSSR count). The Kier molecular flexibility index (Phi) is 9.66. The van der Waals surface area contributed by atoms with Gasteiger partial charge in [-0.25, -0.2) is 9.37 Å². The fraction of sp³-hybridized carbons (Fsp3) is 0.400. The fourth-order valence-corrected chi connectivity index (χ4v) is 4.59. The molecule has 1 fully saturated rings. The van der Waals surface area contributed by atoms with Crippen molar-refractivity contribution in [3.63, 3.8) is 0 Å². The van der Waals surface area contributed by atoms with Gasteiger partial charge in [0.2, 0.25) is 5.75 Å². The molecule has 1 saturated heterocycles. The van der Waals surface area contributed by atoms with Crippen LogP contribution in [-0.2, 0) is 17.7 Å². The highest BCUT2D eigenvalue weighted by atomic mass is 19.1. The molecule has 200 valence electrons. The minimum atomic E-state index is -0.576. The molecule has 0 spiro atoms. The Balaban J connectivity index is 1.42. The Morgan fingerprint density at radius 1 is 1.18 bits per heavy atom. The monoisotopic (exact) mass is 518 g/mol. The van der Waals surface area contributed by atoms with Crippen LogP contribution in [0.2, 0.25) is 0 Å². The van der Waals surface area contributed by atoms with Crippen LogP contribution in [0.1, 0.15) is 47.2 Å². The largest absolute Gasteiger partial charge is 0.502 e. The highest BCUT2D eigenvalue weighted by molar-refractivity contribution is 5.44. The van der Waals surface area contributed by atoms with E-state index >= 15 is 0 Å². The number of ether oxygens (including phenoxy) is 1. The number of hydrogen-bond acceptors (Lipinski definition) is 6. The second-order valence-corrected chi connectivity index (χ2v) is 9.84. The molecule has 1 aliphatic heterocycles. The summed E-state index contributed by atoms with van der Waals surface area (Å²) in [5.41, 5.74) is 3.81. The summed E-state index contributed by atoms with van der Waals surface area (Å²) in [5.74, 6) is 5.95. The molecule has 3 atom stereocenters. The maximum Gasteiger partial charge on any atom is 0.293 e. The summed E-state index contributed by atoms with van der Waals surface area (Å²) >= 11 is 0. The van der Waals surface area contributed by atoms with Crippen molar-refractivity contribution in [1.82, 2.24) is 20.2 Å². The zero-order valence-electron chi connectivity index (χ0n) is 21.9. The van der Waals surface area contributed by atoms with Crippen molar-refractivity contribution >= 4 is 0 Å². The van der Waals surface area contributed by atoms with Gasteiger partial charge >= 0.3 is 0 Å². The predicted octanol–water partition coefficient (Wildman–Crippen LogP) is 3.37. The number of alkyl halides is 1. The number of aromatic amines is 1. The number of methoxy groups -OCH3 is 1. The first-order valence-corrected chi connectivity index (χ1v) is 13.0. The van der Waals surface area contributed by atoms with Gasteiger partial charge in [0.1, 0.15) is 6.67 Å². The summed E-state index contributed by atoms with van der Waals surface area (Å²) in [6.07, 6.45) is 3.03. The minimum absolute atomic E-state index is 0.117. The summed E-state index contributed by atoms with van der Waals surface area (Å²) in [6, 6.07) is 15.9. The molecule has 7 nitrogen and oxygen atoms in total. The summed E-state index contributed by atoms with van der Waals surface area (Å²) in [7, 11) is 1.78. The topological polar surface area (TPSA) is 90.5 Å². The molecule has 0 saturated carbocycles.